The second kappa shape index (κ2) is 6.83. The van der Waals surface area contributed by atoms with E-state index in [-0.39, 0.29) is 0 Å². The van der Waals surface area contributed by atoms with Crippen LogP contribution in [0.1, 0.15) is 11.3 Å². The molecule has 122 valence electrons. The number of nitrogens with zero attached hydrogens (tertiary/aromatic N) is 2. The smallest absolute Gasteiger partial charge is 0.0928 e. The first-order chi connectivity index (χ1) is 12.2. The van der Waals surface area contributed by atoms with Crippen molar-refractivity contribution >= 4 is 34.2 Å². The van der Waals surface area contributed by atoms with Crippen molar-refractivity contribution in [2.24, 2.45) is 0 Å². The van der Waals surface area contributed by atoms with Crippen LogP contribution in [0.3, 0.4) is 0 Å². The molecule has 3 aromatic carbocycles. The van der Waals surface area contributed by atoms with Gasteiger partial charge in [-0.3, -0.25) is 0 Å². The van der Waals surface area contributed by atoms with Crippen molar-refractivity contribution in [1.82, 2.24) is 9.97 Å². The SMILES string of the molecule is Clc1ccc(-c2nc3ccccc3nc2Cc2ccccc2Cl)cc1. The molecule has 0 aliphatic carbocycles. The summed E-state index contributed by atoms with van der Waals surface area (Å²) in [7, 11) is 0. The fourth-order valence-electron chi connectivity index (χ4n) is 2.82. The maximum Gasteiger partial charge on any atom is 0.0928 e. The van der Waals surface area contributed by atoms with Gasteiger partial charge in [0, 0.05) is 22.0 Å². The second-order valence-electron chi connectivity index (χ2n) is 5.78. The molecule has 0 unspecified atom stereocenters. The van der Waals surface area contributed by atoms with Crippen molar-refractivity contribution in [1.29, 1.82) is 0 Å². The van der Waals surface area contributed by atoms with E-state index in [1.54, 1.807) is 0 Å². The molecule has 0 spiro atoms. The lowest BCUT2D eigenvalue weighted by atomic mass is 10.0. The predicted octanol–water partition coefficient (Wildman–Crippen LogP) is 6.19. The van der Waals surface area contributed by atoms with Crippen LogP contribution in [0.2, 0.25) is 10.0 Å². The van der Waals surface area contributed by atoms with Crippen LogP contribution in [-0.2, 0) is 6.42 Å². The summed E-state index contributed by atoms with van der Waals surface area (Å²) in [6.45, 7) is 0. The number of fused-ring (bicyclic) bond motifs is 1. The number of aromatic nitrogens is 2. The maximum absolute atomic E-state index is 6.35. The summed E-state index contributed by atoms with van der Waals surface area (Å²) in [5, 5.41) is 1.43. The van der Waals surface area contributed by atoms with Gasteiger partial charge in [0.1, 0.15) is 0 Å². The van der Waals surface area contributed by atoms with Crippen LogP contribution in [0.15, 0.2) is 72.8 Å². The molecule has 0 saturated carbocycles. The van der Waals surface area contributed by atoms with E-state index in [0.717, 1.165) is 38.6 Å². The number of hydrogen-bond acceptors (Lipinski definition) is 2. The van der Waals surface area contributed by atoms with E-state index in [2.05, 4.69) is 0 Å². The quantitative estimate of drug-likeness (QED) is 0.432. The number of hydrogen-bond donors (Lipinski definition) is 0. The van der Waals surface area contributed by atoms with Gasteiger partial charge in [0.2, 0.25) is 0 Å². The highest BCUT2D eigenvalue weighted by molar-refractivity contribution is 6.31. The summed E-state index contributed by atoms with van der Waals surface area (Å²) < 4.78 is 0. The highest BCUT2D eigenvalue weighted by Gasteiger charge is 2.13. The molecule has 1 aromatic heterocycles. The van der Waals surface area contributed by atoms with Crippen LogP contribution in [0.5, 0.6) is 0 Å². The summed E-state index contributed by atoms with van der Waals surface area (Å²) in [4.78, 5) is 9.71. The molecule has 0 fully saturated rings. The summed E-state index contributed by atoms with van der Waals surface area (Å²) >= 11 is 12.4. The molecule has 25 heavy (non-hydrogen) atoms. The number of para-hydroxylation sites is 2. The predicted molar refractivity (Wildman–Crippen MR) is 104 cm³/mol. The van der Waals surface area contributed by atoms with E-state index < -0.39 is 0 Å². The number of halogens is 2. The Kier molecular flexibility index (Phi) is 4.39. The Bertz CT molecular complexity index is 1040. The largest absolute Gasteiger partial charge is 0.249 e. The van der Waals surface area contributed by atoms with Crippen LogP contribution in [-0.4, -0.2) is 9.97 Å². The molecule has 0 N–H and O–H groups in total. The Balaban J connectivity index is 1.89. The third kappa shape index (κ3) is 3.37. The van der Waals surface area contributed by atoms with Gasteiger partial charge in [0.25, 0.3) is 0 Å². The van der Waals surface area contributed by atoms with Crippen molar-refractivity contribution in [2.75, 3.05) is 0 Å². The molecule has 4 rings (SSSR count). The molecule has 0 saturated heterocycles. The van der Waals surface area contributed by atoms with Crippen LogP contribution in [0.25, 0.3) is 22.3 Å². The molecule has 0 bridgehead atoms. The first-order valence-corrected chi connectivity index (χ1v) is 8.71. The van der Waals surface area contributed by atoms with Gasteiger partial charge in [-0.15, -0.1) is 0 Å². The van der Waals surface area contributed by atoms with Gasteiger partial charge in [0.15, 0.2) is 0 Å². The van der Waals surface area contributed by atoms with Gasteiger partial charge >= 0.3 is 0 Å². The summed E-state index contributed by atoms with van der Waals surface area (Å²) in [6, 6.07) is 23.4. The lowest BCUT2D eigenvalue weighted by molar-refractivity contribution is 1.07. The minimum Gasteiger partial charge on any atom is -0.249 e. The molecule has 2 nitrogen and oxygen atoms in total. The van der Waals surface area contributed by atoms with Gasteiger partial charge in [-0.1, -0.05) is 65.7 Å². The summed E-state index contributed by atoms with van der Waals surface area (Å²) in [5.74, 6) is 0. The second-order valence-corrected chi connectivity index (χ2v) is 6.63. The van der Waals surface area contributed by atoms with Crippen LogP contribution in [0.4, 0.5) is 0 Å². The average Bonchev–Trinajstić information content (AvgIpc) is 2.64. The fraction of sp³-hybridized carbons (Fsp3) is 0.0476. The third-order valence-electron chi connectivity index (χ3n) is 4.08. The van der Waals surface area contributed by atoms with Crippen molar-refractivity contribution in [3.63, 3.8) is 0 Å². The van der Waals surface area contributed by atoms with Crippen molar-refractivity contribution in [3.8, 4) is 11.3 Å². The highest BCUT2D eigenvalue weighted by atomic mass is 35.5. The molecule has 0 radical (unpaired) electrons. The van der Waals surface area contributed by atoms with Crippen LogP contribution >= 0.6 is 23.2 Å². The van der Waals surface area contributed by atoms with Gasteiger partial charge in [-0.25, -0.2) is 9.97 Å². The molecule has 0 atom stereocenters. The van der Waals surface area contributed by atoms with E-state index >= 15 is 0 Å². The van der Waals surface area contributed by atoms with Crippen molar-refractivity contribution < 1.29 is 0 Å². The number of benzene rings is 3. The zero-order valence-electron chi connectivity index (χ0n) is 13.3. The standard InChI is InChI=1S/C21H14Cl2N2/c22-16-11-9-14(10-12-16)21-20(13-15-5-1-2-6-17(15)23)24-18-7-3-4-8-19(18)25-21/h1-12H,13H2. The van der Waals surface area contributed by atoms with Crippen LogP contribution in [0, 0.1) is 0 Å². The average molecular weight is 365 g/mol. The molecule has 0 aliphatic rings. The first-order valence-electron chi connectivity index (χ1n) is 7.96. The van der Waals surface area contributed by atoms with Crippen molar-refractivity contribution in [3.05, 3.63) is 94.1 Å². The molecule has 4 aromatic rings. The van der Waals surface area contributed by atoms with Crippen molar-refractivity contribution in [2.45, 2.75) is 6.42 Å². The normalized spacial score (nSPS) is 11.0. The Labute approximate surface area is 156 Å². The topological polar surface area (TPSA) is 25.8 Å². The Morgan fingerprint density at radius 1 is 0.680 bits per heavy atom. The van der Waals surface area contributed by atoms with E-state index in [1.807, 2.05) is 72.8 Å². The van der Waals surface area contributed by atoms with E-state index in [1.165, 1.54) is 0 Å². The lowest BCUT2D eigenvalue weighted by Gasteiger charge is -2.11. The zero-order chi connectivity index (χ0) is 17.2. The summed E-state index contributed by atoms with van der Waals surface area (Å²) in [6.07, 6.45) is 0.621. The maximum atomic E-state index is 6.35. The first kappa shape index (κ1) is 16.1. The molecule has 1 heterocycles. The molecule has 0 aliphatic heterocycles. The molecular weight excluding hydrogens is 351 g/mol. The monoisotopic (exact) mass is 364 g/mol. The molecule has 0 amide bonds. The molecule has 4 heteroatoms. The minimum absolute atomic E-state index is 0.621. The Morgan fingerprint density at radius 2 is 1.32 bits per heavy atom. The van der Waals surface area contributed by atoms with Gasteiger partial charge < -0.3 is 0 Å². The Morgan fingerprint density at radius 3 is 2.04 bits per heavy atom. The number of rotatable bonds is 3. The van der Waals surface area contributed by atoms with E-state index in [9.17, 15) is 0 Å². The summed E-state index contributed by atoms with van der Waals surface area (Å²) in [5.41, 5.74) is 5.52. The van der Waals surface area contributed by atoms with Crippen LogP contribution < -0.4 is 0 Å². The third-order valence-corrected chi connectivity index (χ3v) is 4.70. The van der Waals surface area contributed by atoms with Gasteiger partial charge in [-0.05, 0) is 35.9 Å². The molecular formula is C21H14Cl2N2. The van der Waals surface area contributed by atoms with Gasteiger partial charge in [0.05, 0.1) is 22.4 Å². The fourth-order valence-corrected chi connectivity index (χ4v) is 3.15. The highest BCUT2D eigenvalue weighted by Crippen LogP contribution is 2.28. The van der Waals surface area contributed by atoms with E-state index in [4.69, 9.17) is 33.2 Å². The minimum atomic E-state index is 0.621. The lowest BCUT2D eigenvalue weighted by Crippen LogP contribution is -2.00. The van der Waals surface area contributed by atoms with E-state index in [0.29, 0.717) is 11.4 Å². The van der Waals surface area contributed by atoms with Gasteiger partial charge in [-0.2, -0.15) is 0 Å². The Hall–Kier alpha value is -2.42. The zero-order valence-corrected chi connectivity index (χ0v) is 14.8.